The van der Waals surface area contributed by atoms with Gasteiger partial charge >= 0.3 is 5.97 Å². The lowest BCUT2D eigenvalue weighted by molar-refractivity contribution is -0.148. The van der Waals surface area contributed by atoms with E-state index in [1.807, 2.05) is 0 Å². The van der Waals surface area contributed by atoms with Gasteiger partial charge in [-0.1, -0.05) is 12.1 Å². The van der Waals surface area contributed by atoms with Crippen molar-refractivity contribution in [3.8, 4) is 5.75 Å². The van der Waals surface area contributed by atoms with Crippen molar-refractivity contribution in [1.82, 2.24) is 0 Å². The largest absolute Gasteiger partial charge is 0.495 e. The Morgan fingerprint density at radius 1 is 1.00 bits per heavy atom. The van der Waals surface area contributed by atoms with E-state index in [2.05, 4.69) is 10.6 Å². The highest BCUT2D eigenvalue weighted by atomic mass is 16.6. The van der Waals surface area contributed by atoms with E-state index < -0.39 is 18.5 Å². The van der Waals surface area contributed by atoms with Crippen molar-refractivity contribution in [2.24, 2.45) is 0 Å². The topological polar surface area (TPSA) is 112 Å². The second kappa shape index (κ2) is 9.97. The first-order valence-corrected chi connectivity index (χ1v) is 9.03. The van der Waals surface area contributed by atoms with Crippen molar-refractivity contribution >= 4 is 29.2 Å². The van der Waals surface area contributed by atoms with E-state index in [1.165, 1.54) is 7.11 Å². The van der Waals surface area contributed by atoms with Crippen LogP contribution in [0.25, 0.3) is 0 Å². The Bertz CT molecular complexity index is 954. The second-order valence-electron chi connectivity index (χ2n) is 6.06. The molecule has 0 bridgehead atoms. The van der Waals surface area contributed by atoms with Crippen molar-refractivity contribution in [3.05, 3.63) is 66.1 Å². The fourth-order valence-corrected chi connectivity index (χ4v) is 2.52. The number of amides is 2. The van der Waals surface area contributed by atoms with Crippen LogP contribution in [0.15, 0.2) is 60.6 Å². The predicted octanol–water partition coefficient (Wildman–Crippen LogP) is 2.32. The maximum absolute atomic E-state index is 12.4. The minimum atomic E-state index is -0.784. The molecule has 9 heteroatoms. The maximum Gasteiger partial charge on any atom is 0.377 e. The van der Waals surface area contributed by atoms with E-state index in [9.17, 15) is 14.4 Å². The van der Waals surface area contributed by atoms with Crippen LogP contribution in [0, 0.1) is 0 Å². The van der Waals surface area contributed by atoms with Crippen LogP contribution in [0.3, 0.4) is 0 Å². The van der Waals surface area contributed by atoms with E-state index in [1.54, 1.807) is 48.5 Å². The molecule has 2 aromatic rings. The first-order valence-electron chi connectivity index (χ1n) is 9.03. The molecule has 1 heterocycles. The molecule has 0 atom stereocenters. The molecule has 0 aromatic heterocycles. The van der Waals surface area contributed by atoms with Crippen LogP contribution in [-0.2, 0) is 23.8 Å². The minimum absolute atomic E-state index is 0.0838. The number of esters is 1. The van der Waals surface area contributed by atoms with Crippen LogP contribution in [0.2, 0.25) is 0 Å². The fraction of sp³-hybridized carbons (Fsp3) is 0.190. The van der Waals surface area contributed by atoms with E-state index in [0.717, 1.165) is 6.26 Å². The highest BCUT2D eigenvalue weighted by molar-refractivity contribution is 6.05. The lowest BCUT2D eigenvalue weighted by Gasteiger charge is -2.14. The molecule has 3 rings (SSSR count). The maximum atomic E-state index is 12.4. The molecular weight excluding hydrogens is 392 g/mol. The molecule has 1 aliphatic heterocycles. The second-order valence-corrected chi connectivity index (χ2v) is 6.06. The molecule has 0 unspecified atom stereocenters. The van der Waals surface area contributed by atoms with Crippen molar-refractivity contribution in [1.29, 1.82) is 0 Å². The average Bonchev–Trinajstić information content (AvgIpc) is 2.79. The van der Waals surface area contributed by atoms with Crippen molar-refractivity contribution in [2.75, 3.05) is 37.6 Å². The fourth-order valence-electron chi connectivity index (χ4n) is 2.52. The van der Waals surface area contributed by atoms with Gasteiger partial charge in [0.25, 0.3) is 11.8 Å². The van der Waals surface area contributed by atoms with E-state index in [4.69, 9.17) is 18.9 Å². The number of carbonyl (C=O) groups excluding carboxylic acids is 3. The number of carbonyl (C=O) groups is 3. The molecule has 0 saturated heterocycles. The van der Waals surface area contributed by atoms with Gasteiger partial charge in [0.15, 0.2) is 6.61 Å². The monoisotopic (exact) mass is 412 g/mol. The van der Waals surface area contributed by atoms with E-state index in [-0.39, 0.29) is 18.3 Å². The standard InChI is InChI=1S/C21H20N2O7/c1-27-17-5-3-2-4-16(17)23-20(25)14-6-8-15(9-7-14)22-19(24)13-30-21(26)18-12-28-10-11-29-18/h2-9,12H,10-11,13H2,1H3,(H,22,24)(H,23,25). The normalized spacial score (nSPS) is 12.5. The molecular formula is C21H20N2O7. The number of hydrogen-bond donors (Lipinski definition) is 2. The molecule has 156 valence electrons. The third kappa shape index (κ3) is 5.51. The summed E-state index contributed by atoms with van der Waals surface area (Å²) in [5, 5.41) is 5.34. The number of benzene rings is 2. The smallest absolute Gasteiger partial charge is 0.377 e. The zero-order valence-corrected chi connectivity index (χ0v) is 16.2. The van der Waals surface area contributed by atoms with Gasteiger partial charge in [0.05, 0.1) is 12.8 Å². The summed E-state index contributed by atoms with van der Waals surface area (Å²) in [5.41, 5.74) is 1.39. The third-order valence-electron chi connectivity index (χ3n) is 3.97. The number of ether oxygens (including phenoxy) is 4. The molecule has 0 aliphatic carbocycles. The van der Waals surface area contributed by atoms with Gasteiger partial charge < -0.3 is 29.6 Å². The lowest BCUT2D eigenvalue weighted by atomic mass is 10.2. The van der Waals surface area contributed by atoms with Crippen molar-refractivity contribution in [2.45, 2.75) is 0 Å². The molecule has 0 saturated carbocycles. The Balaban J connectivity index is 1.51. The number of methoxy groups -OCH3 is 1. The van der Waals surface area contributed by atoms with E-state index in [0.29, 0.717) is 29.3 Å². The number of rotatable bonds is 7. The predicted molar refractivity (Wildman–Crippen MR) is 107 cm³/mol. The number of para-hydroxylation sites is 2. The summed E-state index contributed by atoms with van der Waals surface area (Å²) in [4.78, 5) is 36.1. The van der Waals surface area contributed by atoms with Crippen LogP contribution >= 0.6 is 0 Å². The molecule has 0 spiro atoms. The van der Waals surface area contributed by atoms with Gasteiger partial charge in [-0.3, -0.25) is 9.59 Å². The first kappa shape index (κ1) is 20.7. The quantitative estimate of drug-likeness (QED) is 0.671. The summed E-state index contributed by atoms with van der Waals surface area (Å²) in [6.07, 6.45) is 1.15. The Kier molecular flexibility index (Phi) is 6.88. The van der Waals surface area contributed by atoms with Crippen LogP contribution in [-0.4, -0.2) is 44.7 Å². The van der Waals surface area contributed by atoms with Crippen LogP contribution in [0.5, 0.6) is 5.75 Å². The SMILES string of the molecule is COc1ccccc1NC(=O)c1ccc(NC(=O)COC(=O)C2=COCCO2)cc1. The first-order chi connectivity index (χ1) is 14.6. The molecule has 30 heavy (non-hydrogen) atoms. The summed E-state index contributed by atoms with van der Waals surface area (Å²) in [5.74, 6) is -1.18. The molecule has 2 amide bonds. The average molecular weight is 412 g/mol. The summed E-state index contributed by atoms with van der Waals surface area (Å²) in [6.45, 7) is 0.101. The number of hydrogen-bond acceptors (Lipinski definition) is 7. The van der Waals surface area contributed by atoms with E-state index >= 15 is 0 Å². The third-order valence-corrected chi connectivity index (χ3v) is 3.97. The summed E-state index contributed by atoms with van der Waals surface area (Å²) < 4.78 is 20.1. The highest BCUT2D eigenvalue weighted by Crippen LogP contribution is 2.23. The van der Waals surface area contributed by atoms with Gasteiger partial charge in [-0.2, -0.15) is 0 Å². The zero-order chi connectivity index (χ0) is 21.3. The molecule has 0 fully saturated rings. The van der Waals surface area contributed by atoms with Crippen LogP contribution in [0.4, 0.5) is 11.4 Å². The molecule has 2 N–H and O–H groups in total. The van der Waals surface area contributed by atoms with Gasteiger partial charge in [0.2, 0.25) is 5.76 Å². The Morgan fingerprint density at radius 3 is 2.47 bits per heavy atom. The van der Waals surface area contributed by atoms with Crippen molar-refractivity contribution < 1.29 is 33.3 Å². The summed E-state index contributed by atoms with van der Waals surface area (Å²) in [6, 6.07) is 13.3. The number of anilines is 2. The van der Waals surface area contributed by atoms with Crippen LogP contribution < -0.4 is 15.4 Å². The minimum Gasteiger partial charge on any atom is -0.495 e. The summed E-state index contributed by atoms with van der Waals surface area (Å²) in [7, 11) is 1.52. The molecule has 9 nitrogen and oxygen atoms in total. The highest BCUT2D eigenvalue weighted by Gasteiger charge is 2.18. The summed E-state index contributed by atoms with van der Waals surface area (Å²) >= 11 is 0. The lowest BCUT2D eigenvalue weighted by Crippen LogP contribution is -2.23. The molecule has 1 aliphatic rings. The molecule has 0 radical (unpaired) electrons. The van der Waals surface area contributed by atoms with Gasteiger partial charge in [-0.25, -0.2) is 4.79 Å². The van der Waals surface area contributed by atoms with Gasteiger partial charge in [-0.05, 0) is 36.4 Å². The molecule has 2 aromatic carbocycles. The zero-order valence-electron chi connectivity index (χ0n) is 16.2. The Labute approximate surface area is 172 Å². The Morgan fingerprint density at radius 2 is 1.77 bits per heavy atom. The number of nitrogens with one attached hydrogen (secondary N) is 2. The van der Waals surface area contributed by atoms with Gasteiger partial charge in [0.1, 0.15) is 25.2 Å². The van der Waals surface area contributed by atoms with Crippen LogP contribution in [0.1, 0.15) is 10.4 Å². The van der Waals surface area contributed by atoms with Gasteiger partial charge in [0, 0.05) is 11.3 Å². The Hall–Kier alpha value is -4.01. The van der Waals surface area contributed by atoms with Crippen molar-refractivity contribution in [3.63, 3.8) is 0 Å². The van der Waals surface area contributed by atoms with Gasteiger partial charge in [-0.15, -0.1) is 0 Å².